The molecule has 2 aromatic rings. The summed E-state index contributed by atoms with van der Waals surface area (Å²) in [6.07, 6.45) is 1.52. The van der Waals surface area contributed by atoms with Gasteiger partial charge in [-0.15, -0.1) is 0 Å². The van der Waals surface area contributed by atoms with Gasteiger partial charge in [0.1, 0.15) is 11.4 Å². The summed E-state index contributed by atoms with van der Waals surface area (Å²) in [6, 6.07) is 10.5. The summed E-state index contributed by atoms with van der Waals surface area (Å²) in [6.45, 7) is 1.67. The van der Waals surface area contributed by atoms with Gasteiger partial charge in [-0.1, -0.05) is 34.1 Å². The first-order chi connectivity index (χ1) is 8.49. The Labute approximate surface area is 114 Å². The Balaban J connectivity index is 2.27. The second-order valence-corrected chi connectivity index (χ2v) is 5.26. The van der Waals surface area contributed by atoms with Gasteiger partial charge in [0, 0.05) is 10.9 Å². The summed E-state index contributed by atoms with van der Waals surface area (Å²) in [4.78, 5) is 3.94. The van der Waals surface area contributed by atoms with E-state index in [1.807, 2.05) is 24.3 Å². The van der Waals surface area contributed by atoms with Gasteiger partial charge in [0.2, 0.25) is 0 Å². The molecule has 0 aliphatic carbocycles. The summed E-state index contributed by atoms with van der Waals surface area (Å²) < 4.78 is 13.8. The van der Waals surface area contributed by atoms with Gasteiger partial charge in [-0.25, -0.2) is 4.39 Å². The van der Waals surface area contributed by atoms with Crippen LogP contribution >= 0.6 is 15.9 Å². The van der Waals surface area contributed by atoms with Gasteiger partial charge in [-0.05, 0) is 30.7 Å². The van der Waals surface area contributed by atoms with Crippen molar-refractivity contribution in [1.82, 2.24) is 4.98 Å². The van der Waals surface area contributed by atoms with Crippen LogP contribution in [0.1, 0.15) is 18.2 Å². The summed E-state index contributed by atoms with van der Waals surface area (Å²) in [5.41, 5.74) is 0.311. The molecule has 0 saturated heterocycles. The number of aliphatic hydroxyl groups is 1. The molecule has 4 heteroatoms. The molecule has 2 rings (SSSR count). The molecule has 2 nitrogen and oxygen atoms in total. The Morgan fingerprint density at radius 2 is 2.00 bits per heavy atom. The topological polar surface area (TPSA) is 33.1 Å². The number of halogens is 2. The van der Waals surface area contributed by atoms with Crippen LogP contribution in [0.2, 0.25) is 0 Å². The molecule has 0 radical (unpaired) electrons. The summed E-state index contributed by atoms with van der Waals surface area (Å²) >= 11 is 3.44. The Bertz CT molecular complexity index is 540. The average molecular weight is 310 g/mol. The maximum absolute atomic E-state index is 12.8. The number of benzene rings is 1. The molecule has 0 aliphatic heterocycles. The number of rotatable bonds is 3. The molecule has 1 unspecified atom stereocenters. The summed E-state index contributed by atoms with van der Waals surface area (Å²) in [5.74, 6) is -0.407. The van der Waals surface area contributed by atoms with Crippen LogP contribution in [0.15, 0.2) is 47.1 Å². The highest BCUT2D eigenvalue weighted by atomic mass is 79.9. The average Bonchev–Trinajstić information content (AvgIpc) is 2.32. The first-order valence-electron chi connectivity index (χ1n) is 5.57. The quantitative estimate of drug-likeness (QED) is 0.942. The normalized spacial score (nSPS) is 14.2. The predicted octanol–water partition coefficient (Wildman–Crippen LogP) is 3.43. The van der Waals surface area contributed by atoms with E-state index in [2.05, 4.69) is 20.9 Å². The predicted molar refractivity (Wildman–Crippen MR) is 71.6 cm³/mol. The molecule has 0 bridgehead atoms. The lowest BCUT2D eigenvalue weighted by atomic mass is 9.93. The van der Waals surface area contributed by atoms with Crippen LogP contribution in [-0.4, -0.2) is 10.1 Å². The zero-order valence-electron chi connectivity index (χ0n) is 9.90. The van der Waals surface area contributed by atoms with Crippen LogP contribution < -0.4 is 0 Å². The second-order valence-electron chi connectivity index (χ2n) is 4.40. The van der Waals surface area contributed by atoms with E-state index in [1.165, 1.54) is 12.1 Å². The fourth-order valence-corrected chi connectivity index (χ4v) is 2.22. The van der Waals surface area contributed by atoms with E-state index in [0.717, 1.165) is 16.2 Å². The zero-order valence-corrected chi connectivity index (χ0v) is 11.5. The van der Waals surface area contributed by atoms with E-state index in [1.54, 1.807) is 6.92 Å². The molecule has 0 amide bonds. The number of pyridine rings is 1. The van der Waals surface area contributed by atoms with E-state index in [0.29, 0.717) is 12.1 Å². The van der Waals surface area contributed by atoms with Crippen molar-refractivity contribution in [2.75, 3.05) is 0 Å². The van der Waals surface area contributed by atoms with Crippen molar-refractivity contribution < 1.29 is 9.50 Å². The molecule has 18 heavy (non-hydrogen) atoms. The molecule has 94 valence electrons. The van der Waals surface area contributed by atoms with Gasteiger partial charge in [-0.3, -0.25) is 4.98 Å². The van der Waals surface area contributed by atoms with Crippen molar-refractivity contribution in [3.05, 3.63) is 64.1 Å². The highest BCUT2D eigenvalue weighted by molar-refractivity contribution is 9.10. The molecular formula is C14H13BrFNO. The minimum Gasteiger partial charge on any atom is -0.383 e. The van der Waals surface area contributed by atoms with Crippen molar-refractivity contribution >= 4 is 15.9 Å². The Morgan fingerprint density at radius 3 is 2.61 bits per heavy atom. The maximum Gasteiger partial charge on any atom is 0.141 e. The van der Waals surface area contributed by atoms with Crippen molar-refractivity contribution in [3.63, 3.8) is 0 Å². The SMILES string of the molecule is CC(O)(Cc1ccccc1Br)c1ccc(F)cn1. The molecule has 0 spiro atoms. The van der Waals surface area contributed by atoms with Gasteiger partial charge in [0.05, 0.1) is 11.9 Å². The fraction of sp³-hybridized carbons (Fsp3) is 0.214. The van der Waals surface area contributed by atoms with E-state index in [-0.39, 0.29) is 0 Å². The van der Waals surface area contributed by atoms with Gasteiger partial charge >= 0.3 is 0 Å². The van der Waals surface area contributed by atoms with Crippen LogP contribution in [-0.2, 0) is 12.0 Å². The third kappa shape index (κ3) is 2.94. The van der Waals surface area contributed by atoms with Crippen molar-refractivity contribution in [2.45, 2.75) is 18.9 Å². The molecule has 0 saturated carbocycles. The van der Waals surface area contributed by atoms with E-state index in [4.69, 9.17) is 0 Å². The molecule has 1 atom stereocenters. The van der Waals surface area contributed by atoms with Gasteiger partial charge in [-0.2, -0.15) is 0 Å². The summed E-state index contributed by atoms with van der Waals surface area (Å²) in [5, 5.41) is 10.4. The Hall–Kier alpha value is -1.26. The highest BCUT2D eigenvalue weighted by Crippen LogP contribution is 2.27. The Morgan fingerprint density at radius 1 is 1.28 bits per heavy atom. The first-order valence-corrected chi connectivity index (χ1v) is 6.36. The molecule has 1 heterocycles. The van der Waals surface area contributed by atoms with Crippen molar-refractivity contribution in [3.8, 4) is 0 Å². The number of hydrogen-bond donors (Lipinski definition) is 1. The maximum atomic E-state index is 12.8. The van der Waals surface area contributed by atoms with Crippen molar-refractivity contribution in [2.24, 2.45) is 0 Å². The van der Waals surface area contributed by atoms with Crippen LogP contribution in [0.3, 0.4) is 0 Å². The zero-order chi connectivity index (χ0) is 13.2. The third-order valence-corrected chi connectivity index (χ3v) is 3.55. The second kappa shape index (κ2) is 5.16. The van der Waals surface area contributed by atoms with Crippen LogP contribution in [0.25, 0.3) is 0 Å². The standard InChI is InChI=1S/C14H13BrFNO/c1-14(18,13-7-6-11(16)9-17-13)8-10-4-2-3-5-12(10)15/h2-7,9,18H,8H2,1H3. The van der Waals surface area contributed by atoms with Gasteiger partial charge in [0.15, 0.2) is 0 Å². The lowest BCUT2D eigenvalue weighted by Crippen LogP contribution is -2.25. The number of hydrogen-bond acceptors (Lipinski definition) is 2. The minimum atomic E-state index is -1.13. The fourth-order valence-electron chi connectivity index (χ4n) is 1.80. The molecule has 1 aromatic carbocycles. The smallest absolute Gasteiger partial charge is 0.141 e. The van der Waals surface area contributed by atoms with E-state index >= 15 is 0 Å². The molecular weight excluding hydrogens is 297 g/mol. The van der Waals surface area contributed by atoms with Gasteiger partial charge < -0.3 is 5.11 Å². The molecule has 0 aliphatic rings. The minimum absolute atomic E-state index is 0.407. The van der Waals surface area contributed by atoms with Crippen LogP contribution in [0, 0.1) is 5.82 Å². The summed E-state index contributed by atoms with van der Waals surface area (Å²) in [7, 11) is 0. The number of aromatic nitrogens is 1. The molecule has 1 N–H and O–H groups in total. The largest absolute Gasteiger partial charge is 0.383 e. The first kappa shape index (κ1) is 13.2. The van der Waals surface area contributed by atoms with Crippen molar-refractivity contribution in [1.29, 1.82) is 0 Å². The van der Waals surface area contributed by atoms with Crippen LogP contribution in [0.4, 0.5) is 4.39 Å². The van der Waals surface area contributed by atoms with E-state index in [9.17, 15) is 9.50 Å². The lowest BCUT2D eigenvalue weighted by Gasteiger charge is -2.23. The van der Waals surface area contributed by atoms with Gasteiger partial charge in [0.25, 0.3) is 0 Å². The van der Waals surface area contributed by atoms with E-state index < -0.39 is 11.4 Å². The lowest BCUT2D eigenvalue weighted by molar-refractivity contribution is 0.0527. The number of nitrogens with zero attached hydrogens (tertiary/aromatic N) is 1. The molecule has 0 fully saturated rings. The third-order valence-electron chi connectivity index (χ3n) is 2.77. The molecule has 1 aromatic heterocycles. The monoisotopic (exact) mass is 309 g/mol. The van der Waals surface area contributed by atoms with Crippen LogP contribution in [0.5, 0.6) is 0 Å². The Kier molecular flexibility index (Phi) is 3.78. The highest BCUT2D eigenvalue weighted by Gasteiger charge is 2.25.